The van der Waals surface area contributed by atoms with Gasteiger partial charge in [0.2, 0.25) is 5.95 Å². The van der Waals surface area contributed by atoms with Crippen LogP contribution in [0.4, 0.5) is 16.0 Å². The minimum atomic E-state index is -0.293. The molecule has 0 fully saturated rings. The fourth-order valence-corrected chi connectivity index (χ4v) is 3.56. The number of aromatic nitrogens is 3. The molecular weight excluding hydrogens is 331 g/mol. The molecule has 8 heteroatoms. The number of benzene rings is 1. The van der Waals surface area contributed by atoms with Crippen LogP contribution in [-0.2, 0) is 16.1 Å². The Morgan fingerprint density at radius 3 is 2.71 bits per heavy atom. The van der Waals surface area contributed by atoms with E-state index in [4.69, 9.17) is 4.74 Å². The summed E-state index contributed by atoms with van der Waals surface area (Å²) < 4.78 is 20.2. The summed E-state index contributed by atoms with van der Waals surface area (Å²) in [6.07, 6.45) is 0.660. The summed E-state index contributed by atoms with van der Waals surface area (Å²) in [4.78, 5) is 14.0. The third-order valence-electron chi connectivity index (χ3n) is 3.79. The number of carbonyl (C=O) groups excluding carboxylic acids is 1. The van der Waals surface area contributed by atoms with E-state index in [9.17, 15) is 9.18 Å². The highest BCUT2D eigenvalue weighted by Gasteiger charge is 2.29. The van der Waals surface area contributed by atoms with Crippen molar-refractivity contribution in [3.63, 3.8) is 0 Å². The third kappa shape index (κ3) is 3.24. The highest BCUT2D eigenvalue weighted by Crippen LogP contribution is 2.34. The SMILES string of the molecule is CCOC(=O)[C@H](CC)Sc1nnc2n1CCN2c1ccc(F)cc1. The van der Waals surface area contributed by atoms with E-state index in [2.05, 4.69) is 10.2 Å². The van der Waals surface area contributed by atoms with Gasteiger partial charge >= 0.3 is 5.97 Å². The molecule has 0 N–H and O–H groups in total. The molecule has 0 saturated carbocycles. The van der Waals surface area contributed by atoms with Crippen molar-refractivity contribution in [2.75, 3.05) is 18.1 Å². The zero-order chi connectivity index (χ0) is 17.1. The Balaban J connectivity index is 1.79. The lowest BCUT2D eigenvalue weighted by molar-refractivity contribution is -0.142. The number of carbonyl (C=O) groups is 1. The minimum Gasteiger partial charge on any atom is -0.465 e. The molecular formula is C16H19FN4O2S. The minimum absolute atomic E-state index is 0.226. The summed E-state index contributed by atoms with van der Waals surface area (Å²) >= 11 is 1.38. The standard InChI is InChI=1S/C16H19FN4O2S/c1-3-13(14(22)23-4-2)24-16-19-18-15-20(9-10-21(15)16)12-7-5-11(17)6-8-12/h5-8,13H,3-4,9-10H2,1-2H3/t13-/m0/s1. The molecule has 6 nitrogen and oxygen atoms in total. The number of halogens is 1. The van der Waals surface area contributed by atoms with Crippen molar-refractivity contribution in [3.8, 4) is 0 Å². The number of anilines is 2. The number of nitrogens with zero attached hydrogens (tertiary/aromatic N) is 4. The molecule has 0 aliphatic carbocycles. The predicted molar refractivity (Wildman–Crippen MR) is 90.0 cm³/mol. The highest BCUT2D eigenvalue weighted by atomic mass is 32.2. The monoisotopic (exact) mass is 350 g/mol. The Morgan fingerprint density at radius 2 is 2.04 bits per heavy atom. The van der Waals surface area contributed by atoms with Gasteiger partial charge in [-0.25, -0.2) is 4.39 Å². The lowest BCUT2D eigenvalue weighted by Gasteiger charge is -2.15. The van der Waals surface area contributed by atoms with Crippen LogP contribution in [-0.4, -0.2) is 39.1 Å². The van der Waals surface area contributed by atoms with Crippen molar-refractivity contribution in [2.45, 2.75) is 37.2 Å². The van der Waals surface area contributed by atoms with Crippen molar-refractivity contribution >= 4 is 29.4 Å². The third-order valence-corrected chi connectivity index (χ3v) is 5.12. The molecule has 128 valence electrons. The van der Waals surface area contributed by atoms with Crippen molar-refractivity contribution in [3.05, 3.63) is 30.1 Å². The van der Waals surface area contributed by atoms with Gasteiger partial charge in [0, 0.05) is 18.8 Å². The molecule has 0 radical (unpaired) electrons. The van der Waals surface area contributed by atoms with Crippen LogP contribution in [0.15, 0.2) is 29.4 Å². The van der Waals surface area contributed by atoms with E-state index in [-0.39, 0.29) is 17.0 Å². The molecule has 0 amide bonds. The zero-order valence-electron chi connectivity index (χ0n) is 13.6. The average Bonchev–Trinajstić information content (AvgIpc) is 3.16. The molecule has 2 aromatic rings. The number of rotatable bonds is 6. The average molecular weight is 350 g/mol. The molecule has 1 atom stereocenters. The fraction of sp³-hybridized carbons (Fsp3) is 0.438. The first kappa shape index (κ1) is 16.8. The van der Waals surface area contributed by atoms with Crippen LogP contribution in [0.2, 0.25) is 0 Å². The number of hydrogen-bond acceptors (Lipinski definition) is 6. The Morgan fingerprint density at radius 1 is 1.29 bits per heavy atom. The summed E-state index contributed by atoms with van der Waals surface area (Å²) in [6.45, 7) is 5.57. The first-order chi connectivity index (χ1) is 11.6. The molecule has 2 heterocycles. The summed E-state index contributed by atoms with van der Waals surface area (Å²) in [6, 6.07) is 6.30. The first-order valence-corrected chi connectivity index (χ1v) is 8.81. The van der Waals surface area contributed by atoms with E-state index < -0.39 is 0 Å². The van der Waals surface area contributed by atoms with Crippen molar-refractivity contribution in [2.24, 2.45) is 0 Å². The van der Waals surface area contributed by atoms with Crippen LogP contribution in [0.5, 0.6) is 0 Å². The topological polar surface area (TPSA) is 60.2 Å². The number of fused-ring (bicyclic) bond motifs is 1. The lowest BCUT2D eigenvalue weighted by Crippen LogP contribution is -2.20. The predicted octanol–water partition coefficient (Wildman–Crippen LogP) is 3.00. The zero-order valence-corrected chi connectivity index (χ0v) is 14.4. The number of thioether (sulfide) groups is 1. The Bertz CT molecular complexity index is 719. The molecule has 0 saturated heterocycles. The molecule has 24 heavy (non-hydrogen) atoms. The largest absolute Gasteiger partial charge is 0.465 e. The highest BCUT2D eigenvalue weighted by molar-refractivity contribution is 8.00. The molecule has 1 aliphatic heterocycles. The number of ether oxygens (including phenoxy) is 1. The van der Waals surface area contributed by atoms with Gasteiger partial charge in [-0.3, -0.25) is 9.36 Å². The summed E-state index contributed by atoms with van der Waals surface area (Å²) in [5, 5.41) is 8.87. The summed E-state index contributed by atoms with van der Waals surface area (Å²) in [7, 11) is 0. The molecule has 1 aliphatic rings. The second-order valence-electron chi connectivity index (χ2n) is 5.33. The van der Waals surface area contributed by atoms with Gasteiger partial charge in [-0.2, -0.15) is 0 Å². The van der Waals surface area contributed by atoms with E-state index in [0.717, 1.165) is 18.8 Å². The Labute approximate surface area is 144 Å². The molecule has 1 aromatic carbocycles. The maximum Gasteiger partial charge on any atom is 0.319 e. The van der Waals surface area contributed by atoms with E-state index in [1.165, 1.54) is 23.9 Å². The van der Waals surface area contributed by atoms with Gasteiger partial charge in [0.05, 0.1) is 6.61 Å². The first-order valence-electron chi connectivity index (χ1n) is 7.93. The van der Waals surface area contributed by atoms with Gasteiger partial charge in [0.1, 0.15) is 11.1 Å². The van der Waals surface area contributed by atoms with E-state index in [0.29, 0.717) is 24.1 Å². The maximum absolute atomic E-state index is 13.1. The summed E-state index contributed by atoms with van der Waals surface area (Å²) in [5.41, 5.74) is 0.872. The number of hydrogen-bond donors (Lipinski definition) is 0. The molecule has 1 aromatic heterocycles. The Hall–Kier alpha value is -2.09. The van der Waals surface area contributed by atoms with Crippen molar-refractivity contribution in [1.29, 1.82) is 0 Å². The molecule has 0 unspecified atom stereocenters. The second-order valence-corrected chi connectivity index (χ2v) is 6.50. The lowest BCUT2D eigenvalue weighted by atomic mass is 10.3. The van der Waals surface area contributed by atoms with Gasteiger partial charge < -0.3 is 9.64 Å². The van der Waals surface area contributed by atoms with Crippen LogP contribution in [0, 0.1) is 5.82 Å². The normalized spacial score (nSPS) is 14.5. The van der Waals surface area contributed by atoms with Crippen LogP contribution >= 0.6 is 11.8 Å². The van der Waals surface area contributed by atoms with E-state index in [1.54, 1.807) is 19.1 Å². The van der Waals surface area contributed by atoms with Gasteiger partial charge in [0.15, 0.2) is 5.16 Å². The van der Waals surface area contributed by atoms with Crippen LogP contribution < -0.4 is 4.90 Å². The quantitative estimate of drug-likeness (QED) is 0.590. The Kier molecular flexibility index (Phi) is 5.03. The van der Waals surface area contributed by atoms with Gasteiger partial charge in [-0.1, -0.05) is 18.7 Å². The maximum atomic E-state index is 13.1. The molecule has 0 bridgehead atoms. The van der Waals surface area contributed by atoms with E-state index in [1.807, 2.05) is 16.4 Å². The van der Waals surface area contributed by atoms with Crippen molar-refractivity contribution < 1.29 is 13.9 Å². The fourth-order valence-electron chi connectivity index (χ4n) is 2.59. The van der Waals surface area contributed by atoms with Gasteiger partial charge in [0.25, 0.3) is 0 Å². The number of esters is 1. The van der Waals surface area contributed by atoms with Crippen LogP contribution in [0.3, 0.4) is 0 Å². The molecule has 3 rings (SSSR count). The van der Waals surface area contributed by atoms with Crippen LogP contribution in [0.25, 0.3) is 0 Å². The van der Waals surface area contributed by atoms with Crippen molar-refractivity contribution in [1.82, 2.24) is 14.8 Å². The smallest absolute Gasteiger partial charge is 0.319 e. The van der Waals surface area contributed by atoms with E-state index >= 15 is 0 Å². The van der Waals surface area contributed by atoms with Gasteiger partial charge in [-0.05, 0) is 37.6 Å². The summed E-state index contributed by atoms with van der Waals surface area (Å²) in [5.74, 6) is 0.217. The second kappa shape index (κ2) is 7.21. The van der Waals surface area contributed by atoms with Crippen LogP contribution in [0.1, 0.15) is 20.3 Å². The molecule has 0 spiro atoms. The van der Waals surface area contributed by atoms with Gasteiger partial charge in [-0.15, -0.1) is 10.2 Å².